The Balaban J connectivity index is 1.76. The monoisotopic (exact) mass is 341 g/mol. The molecule has 0 saturated carbocycles. The highest BCUT2D eigenvalue weighted by molar-refractivity contribution is 7.07. The first-order valence-corrected chi connectivity index (χ1v) is 8.45. The molecule has 1 amide bonds. The molecule has 0 bridgehead atoms. The number of benzene rings is 1. The van der Waals surface area contributed by atoms with Gasteiger partial charge in [0.1, 0.15) is 11.5 Å². The number of amides is 1. The van der Waals surface area contributed by atoms with Crippen molar-refractivity contribution >= 4 is 22.9 Å². The van der Waals surface area contributed by atoms with E-state index in [0.717, 1.165) is 34.0 Å². The molecule has 0 fully saturated rings. The van der Waals surface area contributed by atoms with Crippen LogP contribution in [0.25, 0.3) is 11.3 Å². The summed E-state index contributed by atoms with van der Waals surface area (Å²) in [6.45, 7) is 4.18. The zero-order valence-corrected chi connectivity index (χ0v) is 14.1. The molecule has 0 unspecified atom stereocenters. The molecule has 0 saturated heterocycles. The first kappa shape index (κ1) is 14.9. The lowest BCUT2D eigenvalue weighted by molar-refractivity contribution is -0.121. The lowest BCUT2D eigenvalue weighted by Gasteiger charge is -2.29. The molecule has 3 aromatic rings. The molecule has 1 aliphatic rings. The minimum atomic E-state index is -0.0853. The fraction of sp³-hybridized carbons (Fsp3) is 0.235. The maximum Gasteiger partial charge on any atom is 0.265 e. The maximum absolute atomic E-state index is 12.4. The highest BCUT2D eigenvalue weighted by atomic mass is 32.1. The van der Waals surface area contributed by atoms with Gasteiger partial charge in [-0.25, -0.2) is 4.98 Å². The molecule has 1 aromatic carbocycles. The van der Waals surface area contributed by atoms with Crippen LogP contribution < -0.4 is 9.64 Å². The van der Waals surface area contributed by atoms with E-state index in [9.17, 15) is 4.79 Å². The summed E-state index contributed by atoms with van der Waals surface area (Å²) in [5.41, 5.74) is 6.10. The van der Waals surface area contributed by atoms with Gasteiger partial charge in [0.25, 0.3) is 5.91 Å². The largest absolute Gasteiger partial charge is 0.482 e. The average molecular weight is 341 g/mol. The molecule has 0 aliphatic carbocycles. The standard InChI is InChI=1S/C17H15N3O3S/c1-10-13(11(2)23-19-10)6-20-15-5-12(14-8-24-9-18-14)3-4-16(15)22-7-17(20)21/h3-5,8-9H,6-7H2,1-2H3. The van der Waals surface area contributed by atoms with Crippen molar-refractivity contribution in [1.82, 2.24) is 10.1 Å². The Morgan fingerprint density at radius 1 is 1.33 bits per heavy atom. The highest BCUT2D eigenvalue weighted by Gasteiger charge is 2.28. The second kappa shape index (κ2) is 5.76. The van der Waals surface area contributed by atoms with Crippen molar-refractivity contribution in [1.29, 1.82) is 0 Å². The van der Waals surface area contributed by atoms with Crippen molar-refractivity contribution in [3.05, 3.63) is 46.1 Å². The fourth-order valence-electron chi connectivity index (χ4n) is 2.78. The van der Waals surface area contributed by atoms with Crippen LogP contribution in [0.1, 0.15) is 17.0 Å². The summed E-state index contributed by atoms with van der Waals surface area (Å²) in [6.07, 6.45) is 0. The molecular weight excluding hydrogens is 326 g/mol. The number of ether oxygens (including phenoxy) is 1. The van der Waals surface area contributed by atoms with Crippen molar-refractivity contribution in [3.8, 4) is 17.0 Å². The van der Waals surface area contributed by atoms with Gasteiger partial charge >= 0.3 is 0 Å². The number of carbonyl (C=O) groups is 1. The SMILES string of the molecule is Cc1noc(C)c1CN1C(=O)COc2ccc(-c3cscn3)cc21. The van der Waals surface area contributed by atoms with E-state index in [4.69, 9.17) is 9.26 Å². The van der Waals surface area contributed by atoms with Crippen LogP contribution in [0.5, 0.6) is 5.75 Å². The summed E-state index contributed by atoms with van der Waals surface area (Å²) < 4.78 is 10.8. The van der Waals surface area contributed by atoms with Gasteiger partial charge in [0.2, 0.25) is 0 Å². The van der Waals surface area contributed by atoms with Gasteiger partial charge in [-0.05, 0) is 32.0 Å². The van der Waals surface area contributed by atoms with Crippen LogP contribution in [0.2, 0.25) is 0 Å². The number of carbonyl (C=O) groups excluding carboxylic acids is 1. The summed E-state index contributed by atoms with van der Waals surface area (Å²) in [4.78, 5) is 18.5. The molecule has 2 aromatic heterocycles. The Hall–Kier alpha value is -2.67. The third-order valence-corrected chi connectivity index (χ3v) is 4.71. The Bertz CT molecular complexity index is 882. The number of hydrogen-bond acceptors (Lipinski definition) is 6. The zero-order chi connectivity index (χ0) is 16.7. The number of fused-ring (bicyclic) bond motifs is 1. The van der Waals surface area contributed by atoms with Crippen molar-refractivity contribution in [3.63, 3.8) is 0 Å². The van der Waals surface area contributed by atoms with E-state index in [2.05, 4.69) is 10.1 Å². The van der Waals surface area contributed by atoms with Gasteiger partial charge in [-0.2, -0.15) is 0 Å². The van der Waals surface area contributed by atoms with Crippen LogP contribution in [-0.2, 0) is 11.3 Å². The molecule has 0 spiro atoms. The van der Waals surface area contributed by atoms with E-state index in [-0.39, 0.29) is 12.5 Å². The summed E-state index contributed by atoms with van der Waals surface area (Å²) in [5.74, 6) is 1.34. The van der Waals surface area contributed by atoms with Crippen molar-refractivity contribution in [2.75, 3.05) is 11.5 Å². The number of aryl methyl sites for hydroxylation is 2. The molecule has 0 radical (unpaired) electrons. The Morgan fingerprint density at radius 3 is 2.92 bits per heavy atom. The molecule has 4 rings (SSSR count). The predicted octanol–water partition coefficient (Wildman–Crippen LogP) is 3.34. The molecule has 3 heterocycles. The van der Waals surface area contributed by atoms with Crippen molar-refractivity contribution < 1.29 is 14.1 Å². The molecular formula is C17H15N3O3S. The van der Waals surface area contributed by atoms with Crippen LogP contribution in [-0.4, -0.2) is 22.7 Å². The van der Waals surface area contributed by atoms with Crippen LogP contribution in [0.3, 0.4) is 0 Å². The Morgan fingerprint density at radius 2 is 2.21 bits per heavy atom. The van der Waals surface area contributed by atoms with E-state index in [1.54, 1.807) is 10.4 Å². The summed E-state index contributed by atoms with van der Waals surface area (Å²) in [6, 6.07) is 5.79. The average Bonchev–Trinajstić information content (AvgIpc) is 3.22. The Kier molecular flexibility index (Phi) is 3.57. The minimum absolute atomic E-state index is 0.0341. The number of rotatable bonds is 3. The summed E-state index contributed by atoms with van der Waals surface area (Å²) in [7, 11) is 0. The number of anilines is 1. The molecule has 0 N–H and O–H groups in total. The van der Waals surface area contributed by atoms with Crippen LogP contribution in [0.4, 0.5) is 5.69 Å². The maximum atomic E-state index is 12.4. The lowest BCUT2D eigenvalue weighted by atomic mass is 10.1. The Labute approximate surface area is 142 Å². The summed E-state index contributed by atoms with van der Waals surface area (Å²) >= 11 is 1.54. The molecule has 7 heteroatoms. The van der Waals surface area contributed by atoms with Crippen molar-refractivity contribution in [2.24, 2.45) is 0 Å². The van der Waals surface area contributed by atoms with Crippen LogP contribution >= 0.6 is 11.3 Å². The van der Waals surface area contributed by atoms with E-state index in [1.807, 2.05) is 37.4 Å². The van der Waals surface area contributed by atoms with Crippen molar-refractivity contribution in [2.45, 2.75) is 20.4 Å². The van der Waals surface area contributed by atoms with Gasteiger partial charge in [-0.15, -0.1) is 11.3 Å². The molecule has 1 aliphatic heterocycles. The first-order chi connectivity index (χ1) is 11.6. The van der Waals surface area contributed by atoms with Gasteiger partial charge in [0.05, 0.1) is 29.1 Å². The van der Waals surface area contributed by atoms with Gasteiger partial charge in [-0.1, -0.05) is 5.16 Å². The number of hydrogen-bond donors (Lipinski definition) is 0. The topological polar surface area (TPSA) is 68.5 Å². The van der Waals surface area contributed by atoms with E-state index < -0.39 is 0 Å². The molecule has 0 atom stereocenters. The quantitative estimate of drug-likeness (QED) is 0.731. The molecule has 6 nitrogen and oxygen atoms in total. The van der Waals surface area contributed by atoms with Gasteiger partial charge in [0, 0.05) is 16.5 Å². The third-order valence-electron chi connectivity index (χ3n) is 4.13. The van der Waals surface area contributed by atoms with Gasteiger partial charge < -0.3 is 14.2 Å². The highest BCUT2D eigenvalue weighted by Crippen LogP contribution is 2.37. The number of aromatic nitrogens is 2. The first-order valence-electron chi connectivity index (χ1n) is 7.51. The molecule has 24 heavy (non-hydrogen) atoms. The third kappa shape index (κ3) is 2.46. The van der Waals surface area contributed by atoms with E-state index in [0.29, 0.717) is 12.3 Å². The second-order valence-corrected chi connectivity index (χ2v) is 6.35. The summed E-state index contributed by atoms with van der Waals surface area (Å²) in [5, 5.41) is 5.95. The van der Waals surface area contributed by atoms with Crippen LogP contribution in [0.15, 0.2) is 33.6 Å². The van der Waals surface area contributed by atoms with Crippen LogP contribution in [0, 0.1) is 13.8 Å². The number of thiazole rings is 1. The van der Waals surface area contributed by atoms with E-state index in [1.165, 1.54) is 11.3 Å². The fourth-order valence-corrected chi connectivity index (χ4v) is 3.34. The second-order valence-electron chi connectivity index (χ2n) is 5.63. The van der Waals surface area contributed by atoms with E-state index >= 15 is 0 Å². The lowest BCUT2D eigenvalue weighted by Crippen LogP contribution is -2.38. The van der Waals surface area contributed by atoms with Gasteiger partial charge in [-0.3, -0.25) is 4.79 Å². The van der Waals surface area contributed by atoms with Gasteiger partial charge in [0.15, 0.2) is 6.61 Å². The zero-order valence-electron chi connectivity index (χ0n) is 13.3. The normalized spacial score (nSPS) is 13.8. The molecule has 122 valence electrons. The number of nitrogens with zero attached hydrogens (tertiary/aromatic N) is 3. The smallest absolute Gasteiger partial charge is 0.265 e. The predicted molar refractivity (Wildman–Crippen MR) is 90.2 cm³/mol. The minimum Gasteiger partial charge on any atom is -0.482 e.